The molecule has 0 aromatic heterocycles. The largest absolute Gasteiger partial charge is 0.381 e. The monoisotopic (exact) mass is 174 g/mol. The molecule has 0 radical (unpaired) electrons. The van der Waals surface area contributed by atoms with Gasteiger partial charge in [0.2, 0.25) is 0 Å². The van der Waals surface area contributed by atoms with Gasteiger partial charge in [-0.1, -0.05) is 0 Å². The molecule has 0 aromatic carbocycles. The van der Waals surface area contributed by atoms with Crippen molar-refractivity contribution < 1.29 is 4.74 Å². The van der Waals surface area contributed by atoms with Gasteiger partial charge in [0, 0.05) is 18.8 Å². The third-order valence-corrected chi connectivity index (χ3v) is 2.12. The second kappa shape index (κ2) is 3.36. The van der Waals surface area contributed by atoms with Crippen molar-refractivity contribution >= 4 is 17.3 Å². The SMILES string of the molecule is CC1(NC(N)=S)CCOCC1. The van der Waals surface area contributed by atoms with E-state index in [2.05, 4.69) is 12.2 Å². The summed E-state index contributed by atoms with van der Waals surface area (Å²) in [5.74, 6) is 0. The highest BCUT2D eigenvalue weighted by molar-refractivity contribution is 7.80. The summed E-state index contributed by atoms with van der Waals surface area (Å²) in [6.07, 6.45) is 1.95. The Labute approximate surface area is 72.3 Å². The van der Waals surface area contributed by atoms with E-state index in [9.17, 15) is 0 Å². The molecule has 4 heteroatoms. The molecule has 1 heterocycles. The molecule has 0 saturated carbocycles. The maximum Gasteiger partial charge on any atom is 0.164 e. The predicted octanol–water partition coefficient (Wildman–Crippen LogP) is 0.389. The molecular weight excluding hydrogens is 160 g/mol. The summed E-state index contributed by atoms with van der Waals surface area (Å²) in [7, 11) is 0. The van der Waals surface area contributed by atoms with Crippen molar-refractivity contribution in [2.45, 2.75) is 25.3 Å². The van der Waals surface area contributed by atoms with Crippen LogP contribution in [0.25, 0.3) is 0 Å². The second-order valence-electron chi connectivity index (χ2n) is 3.16. The first-order valence-corrected chi connectivity index (χ1v) is 4.19. The third-order valence-electron chi connectivity index (χ3n) is 2.02. The van der Waals surface area contributed by atoms with E-state index < -0.39 is 0 Å². The summed E-state index contributed by atoms with van der Waals surface area (Å²) in [6.45, 7) is 3.72. The zero-order valence-electron chi connectivity index (χ0n) is 6.72. The van der Waals surface area contributed by atoms with Crippen LogP contribution in [-0.2, 0) is 4.74 Å². The van der Waals surface area contributed by atoms with Gasteiger partial charge in [0.25, 0.3) is 0 Å². The summed E-state index contributed by atoms with van der Waals surface area (Å²) in [6, 6.07) is 0. The van der Waals surface area contributed by atoms with Gasteiger partial charge in [0.05, 0.1) is 0 Å². The number of hydrogen-bond acceptors (Lipinski definition) is 2. The van der Waals surface area contributed by atoms with Crippen LogP contribution in [0, 0.1) is 0 Å². The lowest BCUT2D eigenvalue weighted by molar-refractivity contribution is 0.0526. The molecule has 0 aromatic rings. The number of hydrogen-bond donors (Lipinski definition) is 2. The molecule has 1 rings (SSSR count). The van der Waals surface area contributed by atoms with E-state index in [1.165, 1.54) is 0 Å². The van der Waals surface area contributed by atoms with Crippen LogP contribution in [0.5, 0.6) is 0 Å². The minimum Gasteiger partial charge on any atom is -0.381 e. The number of thiocarbonyl (C=S) groups is 1. The maximum absolute atomic E-state index is 5.39. The van der Waals surface area contributed by atoms with E-state index in [0.29, 0.717) is 5.11 Å². The van der Waals surface area contributed by atoms with E-state index >= 15 is 0 Å². The van der Waals surface area contributed by atoms with Gasteiger partial charge < -0.3 is 15.8 Å². The Morgan fingerprint density at radius 1 is 1.55 bits per heavy atom. The summed E-state index contributed by atoms with van der Waals surface area (Å²) in [5.41, 5.74) is 5.45. The molecule has 64 valence electrons. The molecule has 3 N–H and O–H groups in total. The highest BCUT2D eigenvalue weighted by atomic mass is 32.1. The van der Waals surface area contributed by atoms with Gasteiger partial charge in [-0.25, -0.2) is 0 Å². The fourth-order valence-electron chi connectivity index (χ4n) is 1.24. The molecule has 1 aliphatic heterocycles. The van der Waals surface area contributed by atoms with Crippen molar-refractivity contribution in [2.24, 2.45) is 5.73 Å². The molecule has 1 saturated heterocycles. The van der Waals surface area contributed by atoms with Crippen LogP contribution in [0.2, 0.25) is 0 Å². The quantitative estimate of drug-likeness (QED) is 0.565. The van der Waals surface area contributed by atoms with Crippen molar-refractivity contribution in [1.29, 1.82) is 0 Å². The average molecular weight is 174 g/mol. The van der Waals surface area contributed by atoms with Crippen LogP contribution in [0.3, 0.4) is 0 Å². The Balaban J connectivity index is 2.43. The highest BCUT2D eigenvalue weighted by Gasteiger charge is 2.26. The van der Waals surface area contributed by atoms with Crippen LogP contribution < -0.4 is 11.1 Å². The van der Waals surface area contributed by atoms with Gasteiger partial charge in [-0.2, -0.15) is 0 Å². The van der Waals surface area contributed by atoms with Crippen molar-refractivity contribution in [2.75, 3.05) is 13.2 Å². The van der Waals surface area contributed by atoms with Crippen LogP contribution >= 0.6 is 12.2 Å². The van der Waals surface area contributed by atoms with E-state index in [1.54, 1.807) is 0 Å². The first kappa shape index (κ1) is 8.74. The number of rotatable bonds is 1. The molecule has 0 unspecified atom stereocenters. The Kier molecular flexibility index (Phi) is 2.67. The number of ether oxygens (including phenoxy) is 1. The molecule has 0 atom stereocenters. The van der Waals surface area contributed by atoms with Crippen LogP contribution in [0.1, 0.15) is 19.8 Å². The van der Waals surface area contributed by atoms with E-state index in [1.807, 2.05) is 0 Å². The standard InChI is InChI=1S/C7H14N2OS/c1-7(9-6(8)11)2-4-10-5-3-7/h2-5H2,1H3,(H3,8,9,11). The lowest BCUT2D eigenvalue weighted by Crippen LogP contribution is -2.51. The first-order chi connectivity index (χ1) is 5.12. The molecule has 0 bridgehead atoms. The van der Waals surface area contributed by atoms with Crippen LogP contribution in [0.15, 0.2) is 0 Å². The minimum absolute atomic E-state index is 0.0596. The van der Waals surface area contributed by atoms with E-state index in [-0.39, 0.29) is 5.54 Å². The Morgan fingerprint density at radius 2 is 2.09 bits per heavy atom. The summed E-state index contributed by atoms with van der Waals surface area (Å²) in [5, 5.41) is 3.47. The van der Waals surface area contributed by atoms with E-state index in [4.69, 9.17) is 22.7 Å². The van der Waals surface area contributed by atoms with Gasteiger partial charge in [0.15, 0.2) is 5.11 Å². The lowest BCUT2D eigenvalue weighted by atomic mass is 9.93. The molecule has 0 amide bonds. The van der Waals surface area contributed by atoms with Crippen molar-refractivity contribution in [3.8, 4) is 0 Å². The summed E-state index contributed by atoms with van der Waals surface area (Å²) >= 11 is 4.77. The zero-order valence-corrected chi connectivity index (χ0v) is 7.54. The average Bonchev–Trinajstić information content (AvgIpc) is 1.85. The van der Waals surface area contributed by atoms with Crippen molar-refractivity contribution in [3.05, 3.63) is 0 Å². The Morgan fingerprint density at radius 3 is 2.55 bits per heavy atom. The second-order valence-corrected chi connectivity index (χ2v) is 3.60. The Bertz CT molecular complexity index is 155. The third kappa shape index (κ3) is 2.63. The fraction of sp³-hybridized carbons (Fsp3) is 0.857. The maximum atomic E-state index is 5.39. The normalized spacial score (nSPS) is 22.6. The molecular formula is C7H14N2OS. The number of nitrogens with one attached hydrogen (secondary N) is 1. The molecule has 0 spiro atoms. The zero-order chi connectivity index (χ0) is 8.32. The number of nitrogens with two attached hydrogens (primary N) is 1. The lowest BCUT2D eigenvalue weighted by Gasteiger charge is -2.34. The van der Waals surface area contributed by atoms with E-state index in [0.717, 1.165) is 26.1 Å². The minimum atomic E-state index is 0.0596. The van der Waals surface area contributed by atoms with Crippen LogP contribution in [-0.4, -0.2) is 23.9 Å². The first-order valence-electron chi connectivity index (χ1n) is 3.78. The highest BCUT2D eigenvalue weighted by Crippen LogP contribution is 2.18. The van der Waals surface area contributed by atoms with Gasteiger partial charge in [-0.3, -0.25) is 0 Å². The van der Waals surface area contributed by atoms with Crippen LogP contribution in [0.4, 0.5) is 0 Å². The van der Waals surface area contributed by atoms with Gasteiger partial charge in [-0.05, 0) is 32.0 Å². The Hall–Kier alpha value is -0.350. The smallest absolute Gasteiger partial charge is 0.164 e. The molecule has 11 heavy (non-hydrogen) atoms. The molecule has 0 aliphatic carbocycles. The fourth-order valence-corrected chi connectivity index (χ4v) is 1.49. The van der Waals surface area contributed by atoms with Gasteiger partial charge in [-0.15, -0.1) is 0 Å². The van der Waals surface area contributed by atoms with Gasteiger partial charge >= 0.3 is 0 Å². The summed E-state index contributed by atoms with van der Waals surface area (Å²) in [4.78, 5) is 0. The summed E-state index contributed by atoms with van der Waals surface area (Å²) < 4.78 is 5.22. The van der Waals surface area contributed by atoms with Crippen molar-refractivity contribution in [3.63, 3.8) is 0 Å². The topological polar surface area (TPSA) is 47.3 Å². The molecule has 1 aliphatic rings. The van der Waals surface area contributed by atoms with Crippen molar-refractivity contribution in [1.82, 2.24) is 5.32 Å². The van der Waals surface area contributed by atoms with Gasteiger partial charge in [0.1, 0.15) is 0 Å². The molecule has 3 nitrogen and oxygen atoms in total. The molecule has 1 fully saturated rings. The predicted molar refractivity (Wildman–Crippen MR) is 48.4 cm³/mol.